The van der Waals surface area contributed by atoms with Crippen LogP contribution in [-0.2, 0) is 11.2 Å². The molecule has 0 fully saturated rings. The van der Waals surface area contributed by atoms with Crippen molar-refractivity contribution in [2.75, 3.05) is 6.54 Å². The molecule has 0 amide bonds. The fourth-order valence-corrected chi connectivity index (χ4v) is 4.18. The van der Waals surface area contributed by atoms with Crippen molar-refractivity contribution in [2.45, 2.75) is 66.3 Å². The lowest BCUT2D eigenvalue weighted by Gasteiger charge is -2.32. The van der Waals surface area contributed by atoms with Crippen molar-refractivity contribution in [3.8, 4) is 5.75 Å². The van der Waals surface area contributed by atoms with E-state index >= 15 is 0 Å². The van der Waals surface area contributed by atoms with Crippen LogP contribution in [0.1, 0.15) is 59.4 Å². The lowest BCUT2D eigenvalue weighted by Crippen LogP contribution is -2.38. The number of phenols is 1. The van der Waals surface area contributed by atoms with Crippen LogP contribution < -0.4 is 5.32 Å². The van der Waals surface area contributed by atoms with Gasteiger partial charge in [0, 0.05) is 6.54 Å². The molecule has 2 rings (SSSR count). The number of aromatic hydroxyl groups is 1. The van der Waals surface area contributed by atoms with Gasteiger partial charge in [-0.05, 0) is 75.1 Å². The first-order chi connectivity index (χ1) is 15.6. The molecule has 3 N–H and O–H groups in total. The van der Waals surface area contributed by atoms with Crippen LogP contribution in [0.2, 0.25) is 0 Å². The number of allylic oxidation sites excluding steroid dienone is 9. The number of carboxylic acids is 1. The van der Waals surface area contributed by atoms with Crippen molar-refractivity contribution in [1.82, 2.24) is 5.32 Å². The minimum atomic E-state index is -0.887. The molecule has 0 spiro atoms. The van der Waals surface area contributed by atoms with Crippen LogP contribution in [0.15, 0.2) is 83.0 Å². The van der Waals surface area contributed by atoms with E-state index in [0.29, 0.717) is 13.0 Å². The second-order valence-electron chi connectivity index (χ2n) is 9.65. The quantitative estimate of drug-likeness (QED) is 0.356. The van der Waals surface area contributed by atoms with Gasteiger partial charge in [-0.3, -0.25) is 4.79 Å². The van der Waals surface area contributed by atoms with E-state index in [1.54, 1.807) is 24.3 Å². The van der Waals surface area contributed by atoms with E-state index < -0.39 is 12.0 Å². The summed E-state index contributed by atoms with van der Waals surface area (Å²) in [6.07, 6.45) is 16.7. The predicted molar refractivity (Wildman–Crippen MR) is 137 cm³/mol. The summed E-state index contributed by atoms with van der Waals surface area (Å²) in [5.41, 5.74) is 6.34. The largest absolute Gasteiger partial charge is 0.508 e. The topological polar surface area (TPSA) is 69.6 Å². The summed E-state index contributed by atoms with van der Waals surface area (Å²) < 4.78 is 0. The molecular formula is C29H39NO3. The number of aliphatic carboxylic acids is 1. The molecule has 1 unspecified atom stereocenters. The van der Waals surface area contributed by atoms with E-state index in [1.807, 2.05) is 25.2 Å². The molecular weight excluding hydrogens is 410 g/mol. The van der Waals surface area contributed by atoms with Gasteiger partial charge < -0.3 is 15.5 Å². The van der Waals surface area contributed by atoms with E-state index in [9.17, 15) is 15.0 Å². The molecule has 0 aromatic heterocycles. The molecule has 0 aliphatic heterocycles. The normalized spacial score (nSPS) is 18.3. The van der Waals surface area contributed by atoms with Gasteiger partial charge in [0.15, 0.2) is 0 Å². The maximum Gasteiger partial charge on any atom is 0.321 e. The molecule has 0 saturated carbocycles. The third-order valence-corrected chi connectivity index (χ3v) is 6.24. The van der Waals surface area contributed by atoms with Crippen LogP contribution >= 0.6 is 0 Å². The van der Waals surface area contributed by atoms with Crippen molar-refractivity contribution < 1.29 is 15.0 Å². The summed E-state index contributed by atoms with van der Waals surface area (Å²) in [7, 11) is 0. The Labute approximate surface area is 199 Å². The van der Waals surface area contributed by atoms with Crippen molar-refractivity contribution >= 4 is 5.97 Å². The Morgan fingerprint density at radius 3 is 2.48 bits per heavy atom. The summed E-state index contributed by atoms with van der Waals surface area (Å²) in [6.45, 7) is 11.5. The maximum absolute atomic E-state index is 11.6. The highest BCUT2D eigenvalue weighted by Gasteiger charge is 2.26. The molecule has 1 aromatic carbocycles. The van der Waals surface area contributed by atoms with E-state index in [1.165, 1.54) is 36.0 Å². The van der Waals surface area contributed by atoms with Gasteiger partial charge >= 0.3 is 5.97 Å². The lowest BCUT2D eigenvalue weighted by molar-refractivity contribution is -0.139. The average molecular weight is 450 g/mol. The molecule has 178 valence electrons. The van der Waals surface area contributed by atoms with E-state index in [4.69, 9.17) is 0 Å². The van der Waals surface area contributed by atoms with Crippen LogP contribution in [-0.4, -0.2) is 28.8 Å². The van der Waals surface area contributed by atoms with Gasteiger partial charge in [-0.2, -0.15) is 0 Å². The summed E-state index contributed by atoms with van der Waals surface area (Å²) >= 11 is 0. The average Bonchev–Trinajstić information content (AvgIpc) is 2.73. The number of rotatable bonds is 10. The highest BCUT2D eigenvalue weighted by molar-refractivity contribution is 5.74. The molecule has 33 heavy (non-hydrogen) atoms. The number of carboxylic acid groups (broad SMARTS) is 1. The Morgan fingerprint density at radius 2 is 1.85 bits per heavy atom. The SMILES string of the molecule is CC1=C(/C=C/C(C)=C/C=C/C(C)=C/CNC(Cc2ccc(O)cc2)C(=O)O)C(C)(C)CCC1. The van der Waals surface area contributed by atoms with E-state index in [-0.39, 0.29) is 11.2 Å². The Balaban J connectivity index is 1.89. The molecule has 1 aliphatic rings. The van der Waals surface area contributed by atoms with Gasteiger partial charge in [0.05, 0.1) is 0 Å². The Kier molecular flexibility index (Phi) is 9.93. The maximum atomic E-state index is 11.6. The zero-order valence-corrected chi connectivity index (χ0v) is 20.7. The second-order valence-corrected chi connectivity index (χ2v) is 9.65. The summed E-state index contributed by atoms with van der Waals surface area (Å²) in [4.78, 5) is 11.6. The first-order valence-corrected chi connectivity index (χ1v) is 11.7. The number of nitrogens with one attached hydrogen (secondary N) is 1. The van der Waals surface area contributed by atoms with Crippen LogP contribution in [0.5, 0.6) is 5.75 Å². The van der Waals surface area contributed by atoms with Gasteiger partial charge in [-0.25, -0.2) is 0 Å². The Hall–Kier alpha value is -2.85. The van der Waals surface area contributed by atoms with Crippen molar-refractivity contribution in [1.29, 1.82) is 0 Å². The Bertz CT molecular complexity index is 959. The van der Waals surface area contributed by atoms with Crippen molar-refractivity contribution in [3.63, 3.8) is 0 Å². The molecule has 1 aliphatic carbocycles. The lowest BCUT2D eigenvalue weighted by atomic mass is 9.72. The summed E-state index contributed by atoms with van der Waals surface area (Å²) in [5.74, 6) is -0.713. The van der Waals surface area contributed by atoms with Gasteiger partial charge in [0.2, 0.25) is 0 Å². The van der Waals surface area contributed by atoms with Crippen LogP contribution in [0.4, 0.5) is 0 Å². The standard InChI is InChI=1S/C29H39NO3/c1-21(11-16-26-23(3)10-7-18-29(26,4)5)8-6-9-22(2)17-19-30-27(28(32)33)20-24-12-14-25(31)15-13-24/h6,8-9,11-17,27,30-31H,7,10,18-20H2,1-5H3,(H,32,33)/b9-6+,16-11+,21-8+,22-17+. The second kappa shape index (κ2) is 12.4. The number of carbonyl (C=O) groups is 1. The zero-order chi connectivity index (χ0) is 24.4. The summed E-state index contributed by atoms with van der Waals surface area (Å²) in [5, 5.41) is 21.9. The number of benzene rings is 1. The molecule has 4 nitrogen and oxygen atoms in total. The van der Waals surface area contributed by atoms with Gasteiger partial charge in [0.1, 0.15) is 11.8 Å². The van der Waals surface area contributed by atoms with E-state index in [0.717, 1.165) is 11.1 Å². The predicted octanol–water partition coefficient (Wildman–Crippen LogP) is 6.51. The fraction of sp³-hybridized carbons (Fsp3) is 0.414. The molecule has 4 heteroatoms. The monoisotopic (exact) mass is 449 g/mol. The number of phenolic OH excluding ortho intramolecular Hbond substituents is 1. The van der Waals surface area contributed by atoms with Crippen molar-refractivity contribution in [2.24, 2.45) is 5.41 Å². The number of hydrogen-bond donors (Lipinski definition) is 3. The van der Waals surface area contributed by atoms with Crippen molar-refractivity contribution in [3.05, 3.63) is 88.6 Å². The smallest absolute Gasteiger partial charge is 0.321 e. The van der Waals surface area contributed by atoms with Crippen LogP contribution in [0.25, 0.3) is 0 Å². The molecule has 0 heterocycles. The minimum absolute atomic E-state index is 0.175. The van der Waals surface area contributed by atoms with Gasteiger partial charge in [-0.15, -0.1) is 0 Å². The fourth-order valence-electron chi connectivity index (χ4n) is 4.18. The van der Waals surface area contributed by atoms with Crippen LogP contribution in [0.3, 0.4) is 0 Å². The molecule has 0 saturated heterocycles. The third kappa shape index (κ3) is 8.89. The molecule has 1 atom stereocenters. The first-order valence-electron chi connectivity index (χ1n) is 11.7. The molecule has 0 radical (unpaired) electrons. The molecule has 1 aromatic rings. The van der Waals surface area contributed by atoms with Crippen LogP contribution in [0, 0.1) is 5.41 Å². The van der Waals surface area contributed by atoms with Gasteiger partial charge in [-0.1, -0.05) is 79.2 Å². The Morgan fingerprint density at radius 1 is 1.15 bits per heavy atom. The minimum Gasteiger partial charge on any atom is -0.508 e. The summed E-state index contributed by atoms with van der Waals surface area (Å²) in [6, 6.07) is 5.95. The van der Waals surface area contributed by atoms with E-state index in [2.05, 4.69) is 51.2 Å². The first kappa shape index (κ1) is 26.4. The molecule has 0 bridgehead atoms. The zero-order valence-electron chi connectivity index (χ0n) is 20.7. The third-order valence-electron chi connectivity index (χ3n) is 6.24. The number of hydrogen-bond acceptors (Lipinski definition) is 3. The van der Waals surface area contributed by atoms with Gasteiger partial charge in [0.25, 0.3) is 0 Å². The highest BCUT2D eigenvalue weighted by atomic mass is 16.4. The highest BCUT2D eigenvalue weighted by Crippen LogP contribution is 2.40.